The van der Waals surface area contributed by atoms with Crippen LogP contribution in [0.4, 0.5) is 5.00 Å². The normalized spacial score (nSPS) is 16.9. The van der Waals surface area contributed by atoms with Crippen LogP contribution >= 0.6 is 23.7 Å². The Kier molecular flexibility index (Phi) is 8.95. The molecule has 1 aromatic carbocycles. The summed E-state index contributed by atoms with van der Waals surface area (Å²) in [6.07, 6.45) is 0.707. The number of carbonyl (C=O) groups excluding carboxylic acids is 2. The van der Waals surface area contributed by atoms with Crippen LogP contribution in [0.3, 0.4) is 0 Å². The van der Waals surface area contributed by atoms with Crippen LogP contribution in [0, 0.1) is 0 Å². The zero-order valence-electron chi connectivity index (χ0n) is 19.9. The fourth-order valence-corrected chi connectivity index (χ4v) is 6.82. The minimum Gasteiger partial charge on any atom is -0.465 e. The van der Waals surface area contributed by atoms with E-state index in [0.29, 0.717) is 61.4 Å². The molecule has 4 rings (SSSR count). The highest BCUT2D eigenvalue weighted by Gasteiger charge is 2.30. The van der Waals surface area contributed by atoms with Gasteiger partial charge >= 0.3 is 5.97 Å². The zero-order valence-corrected chi connectivity index (χ0v) is 22.4. The largest absolute Gasteiger partial charge is 0.465 e. The average molecular weight is 544 g/mol. The van der Waals surface area contributed by atoms with E-state index in [9.17, 15) is 18.0 Å². The van der Waals surface area contributed by atoms with Crippen molar-refractivity contribution >= 4 is 50.6 Å². The first-order valence-electron chi connectivity index (χ1n) is 11.2. The van der Waals surface area contributed by atoms with Gasteiger partial charge in [-0.15, -0.1) is 23.7 Å². The molecule has 2 aliphatic rings. The van der Waals surface area contributed by atoms with Crippen LogP contribution in [0.2, 0.25) is 0 Å². The van der Waals surface area contributed by atoms with Gasteiger partial charge in [-0.2, -0.15) is 4.31 Å². The molecular formula is C23H30ClN3O6S2. The number of benzene rings is 1. The second-order valence-electron chi connectivity index (χ2n) is 8.51. The van der Waals surface area contributed by atoms with Crippen molar-refractivity contribution in [1.82, 2.24) is 9.21 Å². The number of anilines is 1. The average Bonchev–Trinajstić information content (AvgIpc) is 3.21. The van der Waals surface area contributed by atoms with Crippen molar-refractivity contribution in [3.8, 4) is 0 Å². The number of carbonyl (C=O) groups is 2. The van der Waals surface area contributed by atoms with Gasteiger partial charge in [0, 0.05) is 42.7 Å². The lowest BCUT2D eigenvalue weighted by molar-refractivity contribution is 0.0600. The van der Waals surface area contributed by atoms with Gasteiger partial charge in [-0.1, -0.05) is 0 Å². The van der Waals surface area contributed by atoms with Crippen LogP contribution in [-0.4, -0.2) is 75.5 Å². The molecule has 3 heterocycles. The van der Waals surface area contributed by atoms with Crippen LogP contribution in [0.25, 0.3) is 0 Å². The Hall–Kier alpha value is -2.02. The third-order valence-corrected chi connectivity index (χ3v) is 9.20. The first-order valence-corrected chi connectivity index (χ1v) is 13.4. The smallest absolute Gasteiger partial charge is 0.341 e. The molecule has 12 heteroatoms. The van der Waals surface area contributed by atoms with Crippen molar-refractivity contribution in [2.75, 3.05) is 45.3 Å². The topological polar surface area (TPSA) is 105 Å². The van der Waals surface area contributed by atoms with E-state index in [4.69, 9.17) is 9.47 Å². The maximum absolute atomic E-state index is 13.0. The van der Waals surface area contributed by atoms with E-state index >= 15 is 0 Å². The van der Waals surface area contributed by atoms with Gasteiger partial charge in [0.25, 0.3) is 5.91 Å². The number of methoxy groups -OCH3 is 1. The predicted octanol–water partition coefficient (Wildman–Crippen LogP) is 3.00. The molecule has 192 valence electrons. The summed E-state index contributed by atoms with van der Waals surface area (Å²) >= 11 is 1.39. The Morgan fingerprint density at radius 1 is 1.11 bits per heavy atom. The van der Waals surface area contributed by atoms with E-state index in [-0.39, 0.29) is 17.3 Å². The van der Waals surface area contributed by atoms with Crippen molar-refractivity contribution in [1.29, 1.82) is 0 Å². The summed E-state index contributed by atoms with van der Waals surface area (Å²) < 4.78 is 37.2. The lowest BCUT2D eigenvalue weighted by Crippen LogP contribution is -2.40. The number of sulfonamides is 1. The Bertz CT molecular complexity index is 1170. The van der Waals surface area contributed by atoms with E-state index in [0.717, 1.165) is 17.0 Å². The molecule has 0 spiro atoms. The number of rotatable bonds is 6. The number of morpholine rings is 1. The fraction of sp³-hybridized carbons (Fsp3) is 0.478. The maximum atomic E-state index is 13.0. The molecule has 0 saturated carbocycles. The van der Waals surface area contributed by atoms with Crippen LogP contribution < -0.4 is 5.32 Å². The van der Waals surface area contributed by atoms with Crippen molar-refractivity contribution < 1.29 is 27.5 Å². The summed E-state index contributed by atoms with van der Waals surface area (Å²) in [5.41, 5.74) is 1.63. The number of ether oxygens (including phenoxy) is 2. The van der Waals surface area contributed by atoms with Gasteiger partial charge < -0.3 is 14.8 Å². The standard InChI is InChI=1S/C23H29N3O6S2.ClH/c1-15(2)25-9-8-18-19(14-25)33-22(20(18)23(28)31-3)24-21(27)16-4-6-17(7-5-16)34(29,30)26-10-12-32-13-11-26;/h4-7,15H,8-14H2,1-3H3,(H,24,27);1H. The number of nitrogens with zero attached hydrogens (tertiary/aromatic N) is 2. The number of hydrogen-bond donors (Lipinski definition) is 1. The highest BCUT2D eigenvalue weighted by molar-refractivity contribution is 7.89. The van der Waals surface area contributed by atoms with Crippen molar-refractivity contribution in [3.63, 3.8) is 0 Å². The van der Waals surface area contributed by atoms with Crippen LogP contribution in [-0.2, 0) is 32.5 Å². The van der Waals surface area contributed by atoms with Gasteiger partial charge in [-0.25, -0.2) is 13.2 Å². The van der Waals surface area contributed by atoms with Crippen molar-refractivity contribution in [2.45, 2.75) is 37.8 Å². The summed E-state index contributed by atoms with van der Waals surface area (Å²) in [4.78, 5) is 29.0. The minimum atomic E-state index is -3.64. The molecule has 1 aromatic heterocycles. The Balaban J connectivity index is 0.00000342. The lowest BCUT2D eigenvalue weighted by Gasteiger charge is -2.30. The molecule has 2 aliphatic heterocycles. The van der Waals surface area contributed by atoms with Gasteiger partial charge in [0.15, 0.2) is 0 Å². The summed E-state index contributed by atoms with van der Waals surface area (Å²) in [6.45, 7) is 7.14. The molecule has 1 saturated heterocycles. The molecule has 0 aliphatic carbocycles. The van der Waals surface area contributed by atoms with Gasteiger partial charge in [0.2, 0.25) is 10.0 Å². The molecule has 0 atom stereocenters. The third kappa shape index (κ3) is 5.71. The number of hydrogen-bond acceptors (Lipinski definition) is 8. The lowest BCUT2D eigenvalue weighted by atomic mass is 10.0. The molecule has 0 bridgehead atoms. The van der Waals surface area contributed by atoms with E-state index in [1.54, 1.807) is 0 Å². The fourth-order valence-electron chi connectivity index (χ4n) is 4.16. The molecule has 9 nitrogen and oxygen atoms in total. The Morgan fingerprint density at radius 2 is 1.77 bits per heavy atom. The maximum Gasteiger partial charge on any atom is 0.341 e. The summed E-state index contributed by atoms with van der Waals surface area (Å²) in [7, 11) is -2.31. The minimum absolute atomic E-state index is 0. The molecular weight excluding hydrogens is 514 g/mol. The summed E-state index contributed by atoms with van der Waals surface area (Å²) in [5, 5.41) is 3.30. The van der Waals surface area contributed by atoms with Crippen LogP contribution in [0.1, 0.15) is 45.0 Å². The SMILES string of the molecule is COC(=O)c1c(NC(=O)c2ccc(S(=O)(=O)N3CCOCC3)cc2)sc2c1CCN(C(C)C)C2.Cl. The Labute approximate surface area is 215 Å². The number of esters is 1. The van der Waals surface area contributed by atoms with Gasteiger partial charge in [0.05, 0.1) is 30.8 Å². The molecule has 2 aromatic rings. The predicted molar refractivity (Wildman–Crippen MR) is 136 cm³/mol. The first kappa shape index (κ1) is 27.6. The van der Waals surface area contributed by atoms with Crippen LogP contribution in [0.15, 0.2) is 29.2 Å². The van der Waals surface area contributed by atoms with Gasteiger partial charge in [0.1, 0.15) is 5.00 Å². The van der Waals surface area contributed by atoms with Crippen molar-refractivity contribution in [2.24, 2.45) is 0 Å². The van der Waals surface area contributed by atoms with E-state index in [1.165, 1.54) is 47.0 Å². The molecule has 35 heavy (non-hydrogen) atoms. The summed E-state index contributed by atoms with van der Waals surface area (Å²) in [6, 6.07) is 6.20. The quantitative estimate of drug-likeness (QED) is 0.558. The van der Waals surface area contributed by atoms with Gasteiger partial charge in [-0.05, 0) is 50.1 Å². The van der Waals surface area contributed by atoms with E-state index in [1.807, 2.05) is 0 Å². The van der Waals surface area contributed by atoms with E-state index < -0.39 is 21.9 Å². The number of amides is 1. The number of nitrogens with one attached hydrogen (secondary N) is 1. The number of halogens is 1. The first-order chi connectivity index (χ1) is 16.2. The van der Waals surface area contributed by atoms with Gasteiger partial charge in [-0.3, -0.25) is 9.69 Å². The molecule has 1 fully saturated rings. The van der Waals surface area contributed by atoms with E-state index in [2.05, 4.69) is 24.1 Å². The van der Waals surface area contributed by atoms with Crippen molar-refractivity contribution in [3.05, 3.63) is 45.8 Å². The molecule has 1 amide bonds. The number of thiophene rings is 1. The summed E-state index contributed by atoms with van der Waals surface area (Å²) in [5.74, 6) is -0.891. The molecule has 0 unspecified atom stereocenters. The zero-order chi connectivity index (χ0) is 24.5. The second-order valence-corrected chi connectivity index (χ2v) is 11.6. The number of fused-ring (bicyclic) bond motifs is 1. The molecule has 0 radical (unpaired) electrons. The Morgan fingerprint density at radius 3 is 2.37 bits per heavy atom. The van der Waals surface area contributed by atoms with Crippen LogP contribution in [0.5, 0.6) is 0 Å². The highest BCUT2D eigenvalue weighted by Crippen LogP contribution is 2.38. The highest BCUT2D eigenvalue weighted by atomic mass is 35.5. The monoisotopic (exact) mass is 543 g/mol. The molecule has 1 N–H and O–H groups in total. The third-order valence-electron chi connectivity index (χ3n) is 6.16. The second kappa shape index (κ2) is 11.4.